The van der Waals surface area contributed by atoms with Crippen molar-refractivity contribution in [2.45, 2.75) is 27.7 Å². The van der Waals surface area contributed by atoms with Crippen LogP contribution in [-0.4, -0.2) is 18.4 Å². The van der Waals surface area contributed by atoms with Crippen molar-refractivity contribution in [2.24, 2.45) is 5.92 Å². The average molecular weight is 184 g/mol. The minimum atomic E-state index is -0.524. The smallest absolute Gasteiger partial charge is 0.341 e. The van der Waals surface area contributed by atoms with Gasteiger partial charge in [-0.05, 0) is 13.8 Å². The van der Waals surface area contributed by atoms with E-state index in [1.165, 1.54) is 6.08 Å². The van der Waals surface area contributed by atoms with Crippen LogP contribution in [0.1, 0.15) is 27.7 Å². The van der Waals surface area contributed by atoms with Crippen molar-refractivity contribution >= 4 is 11.8 Å². The molecule has 74 valence electrons. The predicted molar refractivity (Wildman–Crippen MR) is 50.2 cm³/mol. The monoisotopic (exact) mass is 184 g/mol. The van der Waals surface area contributed by atoms with Gasteiger partial charge in [-0.3, -0.25) is 4.79 Å². The van der Waals surface area contributed by atoms with Crippen LogP contribution in [0, 0.1) is 5.92 Å². The van der Waals surface area contributed by atoms with Gasteiger partial charge in [0.15, 0.2) is 5.78 Å². The molecule has 0 aromatic heterocycles. The van der Waals surface area contributed by atoms with Crippen LogP contribution < -0.4 is 0 Å². The maximum Gasteiger partial charge on any atom is 0.341 e. The molecule has 3 heteroatoms. The zero-order chi connectivity index (χ0) is 10.4. The van der Waals surface area contributed by atoms with Gasteiger partial charge >= 0.3 is 5.97 Å². The summed E-state index contributed by atoms with van der Waals surface area (Å²) in [4.78, 5) is 22.6. The fraction of sp³-hybridized carbons (Fsp3) is 0.600. The van der Waals surface area contributed by atoms with Crippen molar-refractivity contribution in [3.05, 3.63) is 11.6 Å². The molecule has 0 fully saturated rings. The van der Waals surface area contributed by atoms with Crippen molar-refractivity contribution in [3.8, 4) is 0 Å². The van der Waals surface area contributed by atoms with E-state index < -0.39 is 5.97 Å². The lowest BCUT2D eigenvalue weighted by Gasteiger charge is -2.07. The van der Waals surface area contributed by atoms with Gasteiger partial charge in [-0.2, -0.15) is 0 Å². The molecule has 0 amide bonds. The Bertz CT molecular complexity index is 226. The Hall–Kier alpha value is -1.12. The highest BCUT2D eigenvalue weighted by Gasteiger charge is 2.20. The lowest BCUT2D eigenvalue weighted by Crippen LogP contribution is -2.19. The molecule has 0 rings (SSSR count). The number of Topliss-reactive ketones (excluding diaryl/α,β-unsaturated/α-hetero) is 1. The van der Waals surface area contributed by atoms with Gasteiger partial charge in [0, 0.05) is 5.92 Å². The van der Waals surface area contributed by atoms with E-state index in [0.717, 1.165) is 0 Å². The Labute approximate surface area is 78.8 Å². The van der Waals surface area contributed by atoms with Gasteiger partial charge in [0.25, 0.3) is 0 Å². The molecule has 0 aromatic rings. The van der Waals surface area contributed by atoms with E-state index in [-0.39, 0.29) is 17.3 Å². The fourth-order valence-corrected chi connectivity index (χ4v) is 0.881. The van der Waals surface area contributed by atoms with Crippen LogP contribution >= 0.6 is 0 Å². The number of hydrogen-bond donors (Lipinski definition) is 0. The third-order valence-electron chi connectivity index (χ3n) is 1.57. The normalized spacial score (nSPS) is 11.6. The second-order valence-corrected chi connectivity index (χ2v) is 2.94. The van der Waals surface area contributed by atoms with Gasteiger partial charge in [-0.1, -0.05) is 19.9 Å². The summed E-state index contributed by atoms with van der Waals surface area (Å²) in [5.74, 6) is -0.861. The average Bonchev–Trinajstić information content (AvgIpc) is 2.05. The van der Waals surface area contributed by atoms with Crippen LogP contribution in [-0.2, 0) is 14.3 Å². The lowest BCUT2D eigenvalue weighted by molar-refractivity contribution is -0.140. The van der Waals surface area contributed by atoms with Crippen LogP contribution in [0.3, 0.4) is 0 Å². The second-order valence-electron chi connectivity index (χ2n) is 2.94. The molecule has 3 nitrogen and oxygen atoms in total. The summed E-state index contributed by atoms with van der Waals surface area (Å²) in [5, 5.41) is 0. The van der Waals surface area contributed by atoms with E-state index in [0.29, 0.717) is 6.61 Å². The maximum absolute atomic E-state index is 11.4. The Kier molecular flexibility index (Phi) is 5.04. The summed E-state index contributed by atoms with van der Waals surface area (Å²) < 4.78 is 4.74. The van der Waals surface area contributed by atoms with E-state index in [4.69, 9.17) is 4.74 Å². The number of allylic oxidation sites excluding steroid dienone is 1. The van der Waals surface area contributed by atoms with Crippen molar-refractivity contribution in [2.75, 3.05) is 6.61 Å². The van der Waals surface area contributed by atoms with Gasteiger partial charge in [-0.25, -0.2) is 4.79 Å². The van der Waals surface area contributed by atoms with Crippen molar-refractivity contribution in [3.63, 3.8) is 0 Å². The maximum atomic E-state index is 11.4. The first-order chi connectivity index (χ1) is 6.04. The van der Waals surface area contributed by atoms with Crippen LogP contribution in [0.15, 0.2) is 11.6 Å². The summed E-state index contributed by atoms with van der Waals surface area (Å²) >= 11 is 0. The first kappa shape index (κ1) is 11.9. The molecule has 0 aliphatic rings. The van der Waals surface area contributed by atoms with E-state index >= 15 is 0 Å². The van der Waals surface area contributed by atoms with E-state index in [2.05, 4.69) is 0 Å². The number of ether oxygens (including phenoxy) is 1. The highest BCUT2D eigenvalue weighted by Crippen LogP contribution is 2.07. The third-order valence-corrected chi connectivity index (χ3v) is 1.57. The van der Waals surface area contributed by atoms with Crippen LogP contribution in [0.25, 0.3) is 0 Å². The zero-order valence-corrected chi connectivity index (χ0v) is 8.59. The number of hydrogen-bond acceptors (Lipinski definition) is 3. The summed E-state index contributed by atoms with van der Waals surface area (Å²) in [6.45, 7) is 7.18. The Morgan fingerprint density at radius 1 is 1.38 bits per heavy atom. The zero-order valence-electron chi connectivity index (χ0n) is 8.59. The molecule has 0 atom stereocenters. The van der Waals surface area contributed by atoms with E-state index in [9.17, 15) is 9.59 Å². The molecular formula is C10H16O3. The number of carbonyl (C=O) groups is 2. The lowest BCUT2D eigenvalue weighted by atomic mass is 10.0. The molecule has 13 heavy (non-hydrogen) atoms. The van der Waals surface area contributed by atoms with Crippen LogP contribution in [0.5, 0.6) is 0 Å². The van der Waals surface area contributed by atoms with Crippen molar-refractivity contribution < 1.29 is 14.3 Å². The number of carbonyl (C=O) groups excluding carboxylic acids is 2. The Morgan fingerprint density at radius 2 is 1.92 bits per heavy atom. The molecule has 0 bridgehead atoms. The highest BCUT2D eigenvalue weighted by molar-refractivity contribution is 6.17. The Balaban J connectivity index is 4.54. The summed E-state index contributed by atoms with van der Waals surface area (Å²) in [7, 11) is 0. The SMILES string of the molecule is C/C=C(\C(=O)OCC)C(=O)C(C)C. The summed E-state index contributed by atoms with van der Waals surface area (Å²) in [6.07, 6.45) is 1.50. The van der Waals surface area contributed by atoms with E-state index in [1.807, 2.05) is 0 Å². The minimum Gasteiger partial charge on any atom is -0.462 e. The number of ketones is 1. The minimum absolute atomic E-state index is 0.150. The molecule has 0 radical (unpaired) electrons. The van der Waals surface area contributed by atoms with E-state index in [1.54, 1.807) is 27.7 Å². The molecule has 0 spiro atoms. The van der Waals surface area contributed by atoms with Crippen molar-refractivity contribution in [1.82, 2.24) is 0 Å². The quantitative estimate of drug-likeness (QED) is 0.289. The molecule has 0 saturated carbocycles. The van der Waals surface area contributed by atoms with Gasteiger partial charge in [0.1, 0.15) is 0 Å². The highest BCUT2D eigenvalue weighted by atomic mass is 16.5. The van der Waals surface area contributed by atoms with Crippen LogP contribution in [0.2, 0.25) is 0 Å². The Morgan fingerprint density at radius 3 is 2.23 bits per heavy atom. The molecule has 0 N–H and O–H groups in total. The number of rotatable bonds is 4. The standard InChI is InChI=1S/C10H16O3/c1-5-8(9(11)7(3)4)10(12)13-6-2/h5,7H,6H2,1-4H3/b8-5-. The topological polar surface area (TPSA) is 43.4 Å². The third kappa shape index (κ3) is 3.40. The molecule has 0 aliphatic heterocycles. The largest absolute Gasteiger partial charge is 0.462 e. The molecular weight excluding hydrogens is 168 g/mol. The first-order valence-electron chi connectivity index (χ1n) is 4.42. The summed E-state index contributed by atoms with van der Waals surface area (Å²) in [5.41, 5.74) is 0.150. The first-order valence-corrected chi connectivity index (χ1v) is 4.42. The summed E-state index contributed by atoms with van der Waals surface area (Å²) in [6, 6.07) is 0. The van der Waals surface area contributed by atoms with Crippen molar-refractivity contribution in [1.29, 1.82) is 0 Å². The fourth-order valence-electron chi connectivity index (χ4n) is 0.881. The molecule has 0 aromatic carbocycles. The van der Waals surface area contributed by atoms with Gasteiger partial charge in [-0.15, -0.1) is 0 Å². The second kappa shape index (κ2) is 5.51. The predicted octanol–water partition coefficient (Wildman–Crippen LogP) is 1.72. The molecule has 0 heterocycles. The van der Waals surface area contributed by atoms with Crippen LogP contribution in [0.4, 0.5) is 0 Å². The molecule has 0 saturated heterocycles. The molecule has 0 unspecified atom stereocenters. The molecule has 0 aliphatic carbocycles. The van der Waals surface area contributed by atoms with Gasteiger partial charge in [0.2, 0.25) is 0 Å². The number of esters is 1. The van der Waals surface area contributed by atoms with Gasteiger partial charge < -0.3 is 4.74 Å². The van der Waals surface area contributed by atoms with Gasteiger partial charge in [0.05, 0.1) is 12.2 Å².